The number of nitrogens with one attached hydrogen (secondary N) is 1. The fraction of sp³-hybridized carbons (Fsp3) is 0.123. The summed E-state index contributed by atoms with van der Waals surface area (Å²) in [6, 6.07) is 75.3. The van der Waals surface area contributed by atoms with Gasteiger partial charge in [-0.25, -0.2) is 0 Å². The first-order valence-electron chi connectivity index (χ1n) is 21.2. The zero-order chi connectivity index (χ0) is 39.0. The van der Waals surface area contributed by atoms with Gasteiger partial charge in [-0.15, -0.1) is 0 Å². The molecule has 59 heavy (non-hydrogen) atoms. The fourth-order valence-corrected chi connectivity index (χ4v) is 11.7. The van der Waals surface area contributed by atoms with Gasteiger partial charge in [-0.1, -0.05) is 182 Å². The quantitative estimate of drug-likeness (QED) is 0.170. The second-order valence-electron chi connectivity index (χ2n) is 16.7. The molecule has 3 aliphatic carbocycles. The molecule has 1 heterocycles. The number of nitrogens with zero attached hydrogens (tertiary/aromatic N) is 1. The Morgan fingerprint density at radius 3 is 1.97 bits per heavy atom. The van der Waals surface area contributed by atoms with Crippen LogP contribution in [0, 0.1) is 5.92 Å². The van der Waals surface area contributed by atoms with Crippen molar-refractivity contribution in [3.8, 4) is 22.3 Å². The molecule has 4 atom stereocenters. The van der Waals surface area contributed by atoms with Crippen LogP contribution in [0.25, 0.3) is 22.3 Å². The van der Waals surface area contributed by atoms with Gasteiger partial charge >= 0.3 is 0 Å². The molecule has 0 saturated heterocycles. The molecular formula is C57H44N2. The summed E-state index contributed by atoms with van der Waals surface area (Å²) in [5.74, 6) is 0.454. The Bertz CT molecular complexity index is 2910. The van der Waals surface area contributed by atoms with Crippen molar-refractivity contribution in [3.63, 3.8) is 0 Å². The lowest BCUT2D eigenvalue weighted by Gasteiger charge is -2.52. The van der Waals surface area contributed by atoms with Gasteiger partial charge in [0.15, 0.2) is 0 Å². The second-order valence-corrected chi connectivity index (χ2v) is 16.7. The maximum Gasteiger partial charge on any atom is 0.130 e. The van der Waals surface area contributed by atoms with Crippen LogP contribution >= 0.6 is 0 Å². The highest BCUT2D eigenvalue weighted by atomic mass is 15.3. The summed E-state index contributed by atoms with van der Waals surface area (Å²) < 4.78 is 0. The smallest absolute Gasteiger partial charge is 0.130 e. The molecule has 2 heteroatoms. The summed E-state index contributed by atoms with van der Waals surface area (Å²) in [7, 11) is 0. The molecule has 0 amide bonds. The Kier molecular flexibility index (Phi) is 7.72. The van der Waals surface area contributed by atoms with E-state index >= 15 is 0 Å². The van der Waals surface area contributed by atoms with Crippen molar-refractivity contribution < 1.29 is 0 Å². The largest absolute Gasteiger partial charge is 0.359 e. The third-order valence-electron chi connectivity index (χ3n) is 14.0. The number of allylic oxidation sites excluding steroid dienone is 2. The highest BCUT2D eigenvalue weighted by Gasteiger charge is 2.59. The molecule has 1 aliphatic heterocycles. The monoisotopic (exact) mass is 756 g/mol. The van der Waals surface area contributed by atoms with Crippen molar-refractivity contribution in [2.24, 2.45) is 5.92 Å². The van der Waals surface area contributed by atoms with Crippen molar-refractivity contribution in [1.29, 1.82) is 0 Å². The Hall–Kier alpha value is -6.90. The zero-order valence-corrected chi connectivity index (χ0v) is 32.9. The van der Waals surface area contributed by atoms with Crippen LogP contribution in [0.15, 0.2) is 212 Å². The summed E-state index contributed by atoms with van der Waals surface area (Å²) in [5, 5.41) is 3.82. The number of benzene rings is 8. The number of rotatable bonds is 6. The minimum absolute atomic E-state index is 0.0144. The first-order valence-corrected chi connectivity index (χ1v) is 21.2. The van der Waals surface area contributed by atoms with Gasteiger partial charge in [-0.3, -0.25) is 0 Å². The van der Waals surface area contributed by atoms with Crippen LogP contribution in [0.5, 0.6) is 0 Å². The first-order chi connectivity index (χ1) is 29.3. The number of fused-ring (bicyclic) bond motifs is 6. The third kappa shape index (κ3) is 4.81. The molecule has 4 aliphatic rings. The van der Waals surface area contributed by atoms with Crippen LogP contribution in [-0.2, 0) is 10.8 Å². The van der Waals surface area contributed by atoms with E-state index in [0.29, 0.717) is 5.92 Å². The Labute approximate surface area is 347 Å². The van der Waals surface area contributed by atoms with E-state index in [9.17, 15) is 0 Å². The van der Waals surface area contributed by atoms with E-state index in [2.05, 4.69) is 223 Å². The summed E-state index contributed by atoms with van der Waals surface area (Å²) in [6.07, 6.45) is 8.19. The molecule has 0 bridgehead atoms. The van der Waals surface area contributed by atoms with Crippen LogP contribution in [0.4, 0.5) is 17.1 Å². The maximum atomic E-state index is 3.82. The average molecular weight is 757 g/mol. The molecule has 12 rings (SSSR count). The molecule has 0 spiro atoms. The fourth-order valence-electron chi connectivity index (χ4n) is 11.7. The lowest BCUT2D eigenvalue weighted by Crippen LogP contribution is -2.47. The van der Waals surface area contributed by atoms with E-state index in [1.165, 1.54) is 84.6 Å². The van der Waals surface area contributed by atoms with Gasteiger partial charge in [0.2, 0.25) is 0 Å². The zero-order valence-electron chi connectivity index (χ0n) is 32.9. The SMILES string of the molecule is C1=CCC(C23c4ccccc4-c4cccc(c42)C(c2ccccc2)(c2cccc(-c4ccc(C5Nc6ccccc6N5c5ccccc5)cc4)c2)c2ccccc23)CC1. The van der Waals surface area contributed by atoms with Crippen molar-refractivity contribution >= 4 is 17.1 Å². The molecule has 0 radical (unpaired) electrons. The maximum absolute atomic E-state index is 3.82. The van der Waals surface area contributed by atoms with Crippen LogP contribution < -0.4 is 10.2 Å². The standard InChI is InChI=1S/C57H44N2/c1-4-19-42(20-5-1)56(49-29-12-13-30-50(49)57(43-21-6-2-7-22-43)48-28-11-10-26-46(48)47-27-17-31-51(56)54(47)57)44-23-16-18-41(38-44)39-34-36-40(37-35-39)55-58-52-32-14-15-33-53(52)59(55)45-24-8-3-9-25-45/h1-6,8-20,23-38,43,55,58H,7,21-22H2. The lowest BCUT2D eigenvalue weighted by molar-refractivity contribution is 0.336. The first kappa shape index (κ1) is 34.2. The van der Waals surface area contributed by atoms with E-state index < -0.39 is 5.41 Å². The van der Waals surface area contributed by atoms with Gasteiger partial charge in [0.25, 0.3) is 0 Å². The van der Waals surface area contributed by atoms with Gasteiger partial charge in [0.05, 0.1) is 22.2 Å². The Morgan fingerprint density at radius 1 is 0.492 bits per heavy atom. The predicted octanol–water partition coefficient (Wildman–Crippen LogP) is 14.0. The van der Waals surface area contributed by atoms with E-state index in [4.69, 9.17) is 0 Å². The highest BCUT2D eigenvalue weighted by Crippen LogP contribution is 2.67. The molecule has 0 fully saturated rings. The molecule has 282 valence electrons. The third-order valence-corrected chi connectivity index (χ3v) is 14.0. The molecule has 8 aromatic carbocycles. The molecule has 2 nitrogen and oxygen atoms in total. The van der Waals surface area contributed by atoms with Crippen molar-refractivity contribution in [3.05, 3.63) is 257 Å². The van der Waals surface area contributed by atoms with E-state index in [0.717, 1.165) is 18.5 Å². The molecule has 1 N–H and O–H groups in total. The van der Waals surface area contributed by atoms with Crippen molar-refractivity contribution in [1.82, 2.24) is 0 Å². The molecule has 4 unspecified atom stereocenters. The minimum Gasteiger partial charge on any atom is -0.359 e. The molecule has 0 aromatic heterocycles. The summed E-state index contributed by atoms with van der Waals surface area (Å²) in [6.45, 7) is 0. The molecule has 8 aromatic rings. The van der Waals surface area contributed by atoms with Gasteiger partial charge in [0, 0.05) is 5.69 Å². The number of anilines is 3. The number of hydrogen-bond donors (Lipinski definition) is 1. The topological polar surface area (TPSA) is 15.3 Å². The Morgan fingerprint density at radius 2 is 1.15 bits per heavy atom. The van der Waals surface area contributed by atoms with E-state index in [1.54, 1.807) is 0 Å². The van der Waals surface area contributed by atoms with Crippen LogP contribution in [-0.4, -0.2) is 0 Å². The van der Waals surface area contributed by atoms with Crippen LogP contribution in [0.1, 0.15) is 69.9 Å². The van der Waals surface area contributed by atoms with Crippen LogP contribution in [0.2, 0.25) is 0 Å². The van der Waals surface area contributed by atoms with Crippen molar-refractivity contribution in [2.75, 3.05) is 10.2 Å². The summed E-state index contributed by atoms with van der Waals surface area (Å²) in [5.41, 5.74) is 19.0. The number of para-hydroxylation sites is 3. The number of hydrogen-bond acceptors (Lipinski definition) is 2. The predicted molar refractivity (Wildman–Crippen MR) is 243 cm³/mol. The van der Waals surface area contributed by atoms with Crippen LogP contribution in [0.3, 0.4) is 0 Å². The average Bonchev–Trinajstić information content (AvgIpc) is 3.86. The highest BCUT2D eigenvalue weighted by molar-refractivity contribution is 5.90. The summed E-state index contributed by atoms with van der Waals surface area (Å²) >= 11 is 0. The second kappa shape index (κ2) is 13.3. The van der Waals surface area contributed by atoms with Gasteiger partial charge < -0.3 is 10.2 Å². The van der Waals surface area contributed by atoms with Gasteiger partial charge in [-0.05, 0) is 122 Å². The van der Waals surface area contributed by atoms with E-state index in [1.807, 2.05) is 0 Å². The minimum atomic E-state index is -0.537. The lowest BCUT2D eigenvalue weighted by atomic mass is 9.49. The van der Waals surface area contributed by atoms with Crippen molar-refractivity contribution in [2.45, 2.75) is 36.3 Å². The molecule has 0 saturated carbocycles. The normalized spacial score (nSPS) is 21.9. The van der Waals surface area contributed by atoms with E-state index in [-0.39, 0.29) is 11.6 Å². The Balaban J connectivity index is 1.04. The van der Waals surface area contributed by atoms with Gasteiger partial charge in [-0.2, -0.15) is 0 Å². The summed E-state index contributed by atoms with van der Waals surface area (Å²) in [4.78, 5) is 2.41. The molecular weight excluding hydrogens is 713 g/mol. The van der Waals surface area contributed by atoms with Gasteiger partial charge in [0.1, 0.15) is 6.17 Å².